The molecule has 1 saturated heterocycles. The van der Waals surface area contributed by atoms with Crippen LogP contribution in [-0.2, 0) is 11.3 Å². The van der Waals surface area contributed by atoms with E-state index < -0.39 is 0 Å². The van der Waals surface area contributed by atoms with Gasteiger partial charge >= 0.3 is 0 Å². The molecular weight excluding hydrogens is 212 g/mol. The lowest BCUT2D eigenvalue weighted by Crippen LogP contribution is -2.33. The largest absolute Gasteiger partial charge is 0.303 e. The van der Waals surface area contributed by atoms with Gasteiger partial charge in [0.05, 0.1) is 11.6 Å². The molecule has 3 nitrogen and oxygen atoms in total. The first-order valence-electron chi connectivity index (χ1n) is 5.99. The monoisotopic (exact) mass is 228 g/mol. The Morgan fingerprint density at radius 2 is 2.06 bits per heavy atom. The van der Waals surface area contributed by atoms with Crippen molar-refractivity contribution in [2.24, 2.45) is 5.92 Å². The maximum atomic E-state index is 10.7. The molecule has 1 aromatic carbocycles. The van der Waals surface area contributed by atoms with Crippen LogP contribution in [0.15, 0.2) is 24.3 Å². The fourth-order valence-corrected chi connectivity index (χ4v) is 2.26. The van der Waals surface area contributed by atoms with Crippen molar-refractivity contribution >= 4 is 6.29 Å². The van der Waals surface area contributed by atoms with Gasteiger partial charge in [0.2, 0.25) is 0 Å². The zero-order valence-electron chi connectivity index (χ0n) is 9.80. The van der Waals surface area contributed by atoms with Crippen molar-refractivity contribution in [1.82, 2.24) is 4.90 Å². The highest BCUT2D eigenvalue weighted by Gasteiger charge is 2.18. The molecule has 0 saturated carbocycles. The van der Waals surface area contributed by atoms with E-state index in [0.29, 0.717) is 0 Å². The normalized spacial score (nSPS) is 17.6. The number of hydrogen-bond donors (Lipinski definition) is 0. The zero-order valence-corrected chi connectivity index (χ0v) is 9.80. The topological polar surface area (TPSA) is 44.1 Å². The summed E-state index contributed by atoms with van der Waals surface area (Å²) in [6.07, 6.45) is 2.96. The average Bonchev–Trinajstić information content (AvgIpc) is 2.40. The number of piperidine rings is 1. The highest BCUT2D eigenvalue weighted by molar-refractivity contribution is 5.53. The molecule has 0 radical (unpaired) electrons. The summed E-state index contributed by atoms with van der Waals surface area (Å²) in [5, 5.41) is 9.01. The molecule has 1 aromatic rings. The minimum Gasteiger partial charge on any atom is -0.303 e. The van der Waals surface area contributed by atoms with Gasteiger partial charge in [-0.15, -0.1) is 0 Å². The molecule has 3 heteroatoms. The Bertz CT molecular complexity index is 428. The van der Waals surface area contributed by atoms with E-state index in [2.05, 4.69) is 11.0 Å². The second-order valence-corrected chi connectivity index (χ2v) is 4.52. The Morgan fingerprint density at radius 1 is 1.35 bits per heavy atom. The van der Waals surface area contributed by atoms with E-state index in [1.807, 2.05) is 24.3 Å². The minimum absolute atomic E-state index is 0.234. The van der Waals surface area contributed by atoms with Crippen LogP contribution in [0.5, 0.6) is 0 Å². The SMILES string of the molecule is N#Cc1ccccc1CN1CCC(C=O)CC1. The van der Waals surface area contributed by atoms with Gasteiger partial charge in [0.25, 0.3) is 0 Å². The van der Waals surface area contributed by atoms with Crippen LogP contribution in [0.3, 0.4) is 0 Å². The fraction of sp³-hybridized carbons (Fsp3) is 0.429. The number of hydrogen-bond acceptors (Lipinski definition) is 3. The molecule has 0 N–H and O–H groups in total. The molecule has 1 aliphatic rings. The second-order valence-electron chi connectivity index (χ2n) is 4.52. The first-order chi connectivity index (χ1) is 8.33. The van der Waals surface area contributed by atoms with Crippen LogP contribution in [0.4, 0.5) is 0 Å². The Labute approximate surface area is 102 Å². The summed E-state index contributed by atoms with van der Waals surface area (Å²) in [6, 6.07) is 9.94. The summed E-state index contributed by atoms with van der Waals surface area (Å²) in [7, 11) is 0. The molecule has 1 fully saturated rings. The smallest absolute Gasteiger partial charge is 0.123 e. The van der Waals surface area contributed by atoms with Crippen molar-refractivity contribution < 1.29 is 4.79 Å². The van der Waals surface area contributed by atoms with E-state index >= 15 is 0 Å². The van der Waals surface area contributed by atoms with Crippen molar-refractivity contribution in [3.05, 3.63) is 35.4 Å². The minimum atomic E-state index is 0.234. The van der Waals surface area contributed by atoms with E-state index in [4.69, 9.17) is 5.26 Å². The van der Waals surface area contributed by atoms with Crippen LogP contribution in [0, 0.1) is 17.2 Å². The van der Waals surface area contributed by atoms with E-state index in [-0.39, 0.29) is 5.92 Å². The van der Waals surface area contributed by atoms with E-state index in [9.17, 15) is 4.79 Å². The summed E-state index contributed by atoms with van der Waals surface area (Å²) in [4.78, 5) is 13.0. The van der Waals surface area contributed by atoms with Gasteiger partial charge in [-0.1, -0.05) is 18.2 Å². The Hall–Kier alpha value is -1.66. The molecule has 0 amide bonds. The van der Waals surface area contributed by atoms with Gasteiger partial charge in [-0.05, 0) is 37.6 Å². The van der Waals surface area contributed by atoms with Crippen LogP contribution in [-0.4, -0.2) is 24.3 Å². The van der Waals surface area contributed by atoms with Crippen molar-refractivity contribution in [3.8, 4) is 6.07 Å². The van der Waals surface area contributed by atoms with E-state index in [0.717, 1.165) is 49.9 Å². The van der Waals surface area contributed by atoms with Crippen LogP contribution in [0.1, 0.15) is 24.0 Å². The quantitative estimate of drug-likeness (QED) is 0.743. The number of nitrogens with zero attached hydrogens (tertiary/aromatic N) is 2. The maximum absolute atomic E-state index is 10.7. The lowest BCUT2D eigenvalue weighted by molar-refractivity contribution is -0.112. The van der Waals surface area contributed by atoms with Gasteiger partial charge < -0.3 is 4.79 Å². The van der Waals surface area contributed by atoms with Gasteiger partial charge in [0.1, 0.15) is 6.29 Å². The van der Waals surface area contributed by atoms with Crippen LogP contribution < -0.4 is 0 Å². The predicted molar refractivity (Wildman–Crippen MR) is 65.2 cm³/mol. The molecule has 17 heavy (non-hydrogen) atoms. The van der Waals surface area contributed by atoms with Gasteiger partial charge in [-0.3, -0.25) is 4.90 Å². The van der Waals surface area contributed by atoms with E-state index in [1.165, 1.54) is 0 Å². The maximum Gasteiger partial charge on any atom is 0.123 e. The van der Waals surface area contributed by atoms with Crippen molar-refractivity contribution in [2.75, 3.05) is 13.1 Å². The molecule has 1 aliphatic heterocycles. The molecule has 0 unspecified atom stereocenters. The number of aldehydes is 1. The summed E-state index contributed by atoms with van der Waals surface area (Å²) in [5.41, 5.74) is 1.84. The first kappa shape index (κ1) is 11.8. The molecule has 88 valence electrons. The highest BCUT2D eigenvalue weighted by Crippen LogP contribution is 2.18. The summed E-state index contributed by atoms with van der Waals surface area (Å²) < 4.78 is 0. The van der Waals surface area contributed by atoms with Crippen molar-refractivity contribution in [1.29, 1.82) is 5.26 Å². The lowest BCUT2D eigenvalue weighted by Gasteiger charge is -2.29. The van der Waals surface area contributed by atoms with Crippen LogP contribution >= 0.6 is 0 Å². The highest BCUT2D eigenvalue weighted by atomic mass is 16.1. The molecule has 0 aliphatic carbocycles. The third-order valence-corrected chi connectivity index (χ3v) is 3.36. The predicted octanol–water partition coefficient (Wildman–Crippen LogP) is 1.97. The number of likely N-dealkylation sites (tertiary alicyclic amines) is 1. The number of carbonyl (C=O) groups excluding carboxylic acids is 1. The Morgan fingerprint density at radius 3 is 2.71 bits per heavy atom. The molecule has 0 spiro atoms. The molecule has 2 rings (SSSR count). The number of carbonyl (C=O) groups is 1. The summed E-state index contributed by atoms with van der Waals surface area (Å²) >= 11 is 0. The van der Waals surface area contributed by atoms with E-state index in [1.54, 1.807) is 0 Å². The molecular formula is C14H16N2O. The zero-order chi connectivity index (χ0) is 12.1. The average molecular weight is 228 g/mol. The van der Waals surface area contributed by atoms with Crippen molar-refractivity contribution in [3.63, 3.8) is 0 Å². The van der Waals surface area contributed by atoms with Crippen LogP contribution in [0.2, 0.25) is 0 Å². The molecule has 0 bridgehead atoms. The Balaban J connectivity index is 1.98. The summed E-state index contributed by atoms with van der Waals surface area (Å²) in [5.74, 6) is 0.234. The second kappa shape index (κ2) is 5.60. The van der Waals surface area contributed by atoms with Gasteiger partial charge in [-0.25, -0.2) is 0 Å². The Kier molecular flexibility index (Phi) is 3.89. The first-order valence-corrected chi connectivity index (χ1v) is 5.99. The molecule has 0 aromatic heterocycles. The number of rotatable bonds is 3. The standard InChI is InChI=1S/C14H16N2O/c15-9-13-3-1-2-4-14(13)10-16-7-5-12(11-17)6-8-16/h1-4,11-12H,5-8,10H2. The summed E-state index contributed by atoms with van der Waals surface area (Å²) in [6.45, 7) is 2.71. The fourth-order valence-electron chi connectivity index (χ4n) is 2.26. The third-order valence-electron chi connectivity index (χ3n) is 3.36. The number of benzene rings is 1. The molecule has 0 atom stereocenters. The van der Waals surface area contributed by atoms with Crippen molar-refractivity contribution in [2.45, 2.75) is 19.4 Å². The third kappa shape index (κ3) is 2.92. The number of nitriles is 1. The van der Waals surface area contributed by atoms with Gasteiger partial charge in [0, 0.05) is 12.5 Å². The lowest BCUT2D eigenvalue weighted by atomic mass is 9.98. The van der Waals surface area contributed by atoms with Gasteiger partial charge in [0.15, 0.2) is 0 Å². The molecule has 1 heterocycles. The van der Waals surface area contributed by atoms with Crippen LogP contribution in [0.25, 0.3) is 0 Å². The van der Waals surface area contributed by atoms with Gasteiger partial charge in [-0.2, -0.15) is 5.26 Å².